The Labute approximate surface area is 396 Å². The molecule has 0 saturated heterocycles. The van der Waals surface area contributed by atoms with Gasteiger partial charge in [0.05, 0.1) is 6.04 Å². The van der Waals surface area contributed by atoms with Gasteiger partial charge in [-0.15, -0.1) is 0 Å². The first-order valence-corrected chi connectivity index (χ1v) is 28.2. The van der Waals surface area contributed by atoms with Crippen molar-refractivity contribution in [1.29, 1.82) is 0 Å². The summed E-state index contributed by atoms with van der Waals surface area (Å²) < 4.78 is 0. The number of allylic oxidation sites excluding steroid dienone is 17. The van der Waals surface area contributed by atoms with Crippen LogP contribution in [-0.2, 0) is 0 Å². The molecule has 0 aromatic carbocycles. The molecule has 2 nitrogen and oxygen atoms in total. The van der Waals surface area contributed by atoms with Crippen molar-refractivity contribution in [3.63, 3.8) is 0 Å². The zero-order chi connectivity index (χ0) is 43.4. The second-order valence-corrected chi connectivity index (χ2v) is 23.3. The lowest BCUT2D eigenvalue weighted by atomic mass is 9.61. The molecule has 0 N–H and O–H groups in total. The van der Waals surface area contributed by atoms with Crippen LogP contribution >= 0.6 is 0 Å². The van der Waals surface area contributed by atoms with Crippen molar-refractivity contribution in [2.45, 2.75) is 185 Å². The third-order valence-electron chi connectivity index (χ3n) is 19.9. The predicted molar refractivity (Wildman–Crippen MR) is 275 cm³/mol. The summed E-state index contributed by atoms with van der Waals surface area (Å²) in [5, 5.41) is 0. The molecule has 65 heavy (non-hydrogen) atoms. The van der Waals surface area contributed by atoms with Crippen molar-refractivity contribution in [2.24, 2.45) is 71.0 Å². The quantitative estimate of drug-likeness (QED) is 0.202. The Kier molecular flexibility index (Phi) is 14.3. The Morgan fingerprint density at radius 2 is 1.17 bits per heavy atom. The lowest BCUT2D eigenvalue weighted by Gasteiger charge is -2.52. The molecule has 16 unspecified atom stereocenters. The highest BCUT2D eigenvalue weighted by molar-refractivity contribution is 5.27. The van der Waals surface area contributed by atoms with Gasteiger partial charge in [-0.2, -0.15) is 0 Å². The highest BCUT2D eigenvalue weighted by Gasteiger charge is 2.46. The lowest BCUT2D eigenvalue weighted by Crippen LogP contribution is -2.51. The molecule has 11 rings (SSSR count). The smallest absolute Gasteiger partial charge is 0.0507 e. The van der Waals surface area contributed by atoms with Crippen molar-refractivity contribution < 1.29 is 0 Å². The third-order valence-corrected chi connectivity index (χ3v) is 19.9. The summed E-state index contributed by atoms with van der Waals surface area (Å²) >= 11 is 0. The zero-order valence-corrected chi connectivity index (χ0v) is 40.4. The molecule has 0 heterocycles. The second kappa shape index (κ2) is 20.9. The predicted octanol–water partition coefficient (Wildman–Crippen LogP) is 16.1. The molecule has 16 atom stereocenters. The van der Waals surface area contributed by atoms with E-state index in [0.29, 0.717) is 47.8 Å². The van der Waals surface area contributed by atoms with E-state index in [1.54, 1.807) is 11.4 Å². The van der Waals surface area contributed by atoms with Crippen LogP contribution in [0.5, 0.6) is 0 Å². The molecule has 0 bridgehead atoms. The number of rotatable bonds is 10. The van der Waals surface area contributed by atoms with E-state index in [0.717, 1.165) is 47.3 Å². The molecule has 0 spiro atoms. The highest BCUT2D eigenvalue weighted by Crippen LogP contribution is 2.52. The van der Waals surface area contributed by atoms with Crippen LogP contribution in [0.15, 0.2) is 133 Å². The summed E-state index contributed by atoms with van der Waals surface area (Å²) in [7, 11) is 0. The molecule has 11 aliphatic rings. The monoisotopic (exact) mass is 871 g/mol. The van der Waals surface area contributed by atoms with E-state index < -0.39 is 0 Å². The van der Waals surface area contributed by atoms with Crippen LogP contribution in [0.3, 0.4) is 0 Å². The standard InChI is InChI=1S/C63H86N2/c1-2-11-23-52(22-10-1)64(62-44-42-56(50-18-6-3-7-19-50)58-26-14-16-28-60(58)62)54-38-34-48(35-39-54)46-30-32-47(33-31-46)49-36-40-55(41-37-49)65(53-24-12-5-13-25-53)63-45-43-57(51-20-8-4-9-21-51)59-27-15-17-29-61(59)63/h1,3-4,6-8,10,12,16,18,24,28,30,32,34,38,40,43-54,56-61,63H,2,5,9,11,13-15,17,19-23,25-27,29,31,33,35-37,39,41-42H2. The van der Waals surface area contributed by atoms with Gasteiger partial charge in [0.25, 0.3) is 0 Å². The van der Waals surface area contributed by atoms with E-state index in [2.05, 4.69) is 131 Å². The summed E-state index contributed by atoms with van der Waals surface area (Å²) in [4.78, 5) is 6.06. The molecule has 0 aliphatic heterocycles. The Morgan fingerprint density at radius 3 is 1.95 bits per heavy atom. The fourth-order valence-electron chi connectivity index (χ4n) is 16.5. The molecule has 0 amide bonds. The van der Waals surface area contributed by atoms with Gasteiger partial charge in [-0.25, -0.2) is 0 Å². The molecular formula is C63H86N2. The molecule has 348 valence electrons. The summed E-state index contributed by atoms with van der Waals surface area (Å²) in [6.07, 6.45) is 85.1. The minimum Gasteiger partial charge on any atom is -0.365 e. The van der Waals surface area contributed by atoms with Crippen molar-refractivity contribution in [1.82, 2.24) is 9.80 Å². The fourth-order valence-corrected chi connectivity index (χ4v) is 16.5. The number of nitrogens with zero attached hydrogens (tertiary/aromatic N) is 2. The van der Waals surface area contributed by atoms with Gasteiger partial charge in [0.1, 0.15) is 0 Å². The van der Waals surface area contributed by atoms with E-state index in [1.165, 1.54) is 161 Å². The van der Waals surface area contributed by atoms with Crippen LogP contribution in [0, 0.1) is 71.0 Å². The Bertz CT molecular complexity index is 1960. The average molecular weight is 871 g/mol. The van der Waals surface area contributed by atoms with Gasteiger partial charge >= 0.3 is 0 Å². The van der Waals surface area contributed by atoms with Crippen molar-refractivity contribution >= 4 is 0 Å². The molecule has 0 radical (unpaired) electrons. The van der Waals surface area contributed by atoms with Crippen LogP contribution in [0.4, 0.5) is 0 Å². The molecule has 0 aromatic heterocycles. The average Bonchev–Trinajstić information content (AvgIpc) is 3.67. The summed E-state index contributed by atoms with van der Waals surface area (Å²) in [5.74, 6) is 9.23. The van der Waals surface area contributed by atoms with Crippen molar-refractivity contribution in [2.75, 3.05) is 0 Å². The van der Waals surface area contributed by atoms with Crippen LogP contribution in [0.1, 0.15) is 161 Å². The fraction of sp³-hybridized carbons (Fsp3) is 0.651. The maximum absolute atomic E-state index is 3.03. The van der Waals surface area contributed by atoms with E-state index in [1.807, 2.05) is 0 Å². The molecule has 11 aliphatic carbocycles. The van der Waals surface area contributed by atoms with E-state index >= 15 is 0 Å². The van der Waals surface area contributed by atoms with Gasteiger partial charge < -0.3 is 9.80 Å². The van der Waals surface area contributed by atoms with Crippen molar-refractivity contribution in [3.8, 4) is 0 Å². The van der Waals surface area contributed by atoms with Gasteiger partial charge in [0, 0.05) is 35.4 Å². The maximum atomic E-state index is 3.03. The van der Waals surface area contributed by atoms with E-state index in [4.69, 9.17) is 0 Å². The van der Waals surface area contributed by atoms with E-state index in [-0.39, 0.29) is 0 Å². The second-order valence-electron chi connectivity index (χ2n) is 23.3. The van der Waals surface area contributed by atoms with Gasteiger partial charge in [0.2, 0.25) is 0 Å². The van der Waals surface area contributed by atoms with Gasteiger partial charge in [-0.3, -0.25) is 0 Å². The summed E-state index contributed by atoms with van der Waals surface area (Å²) in [5.41, 5.74) is 3.41. The highest BCUT2D eigenvalue weighted by atomic mass is 15.2. The minimum absolute atomic E-state index is 0.537. The minimum atomic E-state index is 0.537. The van der Waals surface area contributed by atoms with Crippen LogP contribution in [0.25, 0.3) is 0 Å². The lowest BCUT2D eigenvalue weighted by molar-refractivity contribution is 0.0542. The largest absolute Gasteiger partial charge is 0.365 e. The molecule has 0 aromatic rings. The normalized spacial score (nSPS) is 42.4. The van der Waals surface area contributed by atoms with Crippen LogP contribution in [-0.4, -0.2) is 34.0 Å². The molecule has 1 fully saturated rings. The maximum Gasteiger partial charge on any atom is 0.0507 e. The van der Waals surface area contributed by atoms with Crippen LogP contribution in [0.2, 0.25) is 0 Å². The number of fused-ring (bicyclic) bond motifs is 2. The molecular weight excluding hydrogens is 785 g/mol. The first kappa shape index (κ1) is 44.3. The number of hydrogen-bond acceptors (Lipinski definition) is 2. The SMILES string of the molecule is C1=CCC(C2CC=C(N(C3C=CC(C4C=CC(C5CC=C(N(C6C=CCCC6)C6C=CC(C7CC=CCC7)C7CCCCC76)CC5)CC4)CC3)C3CC=CCCC3)C3C=CCCC32)C=C1. The van der Waals surface area contributed by atoms with Gasteiger partial charge in [0.15, 0.2) is 0 Å². The third kappa shape index (κ3) is 9.60. The van der Waals surface area contributed by atoms with Gasteiger partial charge in [-0.05, 0) is 213 Å². The van der Waals surface area contributed by atoms with E-state index in [9.17, 15) is 0 Å². The Morgan fingerprint density at radius 1 is 0.385 bits per heavy atom. The molecule has 1 saturated carbocycles. The molecule has 2 heteroatoms. The topological polar surface area (TPSA) is 6.48 Å². The Balaban J connectivity index is 0.760. The Hall–Kier alpha value is -3.26. The van der Waals surface area contributed by atoms with Crippen molar-refractivity contribution in [3.05, 3.63) is 133 Å². The van der Waals surface area contributed by atoms with Gasteiger partial charge in [-0.1, -0.05) is 134 Å². The first-order valence-electron chi connectivity index (χ1n) is 28.2. The summed E-state index contributed by atoms with van der Waals surface area (Å²) in [6, 6.07) is 2.34. The van der Waals surface area contributed by atoms with Crippen LogP contribution < -0.4 is 0 Å². The number of hydrogen-bond donors (Lipinski definition) is 0. The zero-order valence-electron chi connectivity index (χ0n) is 40.4. The summed E-state index contributed by atoms with van der Waals surface area (Å²) in [6.45, 7) is 0. The first-order chi connectivity index (χ1) is 32.3.